The predicted octanol–water partition coefficient (Wildman–Crippen LogP) is 16.9. The van der Waals surface area contributed by atoms with E-state index in [4.69, 9.17) is 9.40 Å². The van der Waals surface area contributed by atoms with Crippen LogP contribution in [0.15, 0.2) is 229 Å². The molecule has 0 radical (unpaired) electrons. The lowest BCUT2D eigenvalue weighted by molar-refractivity contribution is 0.332. The molecule has 10 aromatic carbocycles. The molecular formula is C64H45N3O. The third kappa shape index (κ3) is 5.77. The number of benzene rings is 10. The van der Waals surface area contributed by atoms with Gasteiger partial charge in [0, 0.05) is 44.7 Å². The van der Waals surface area contributed by atoms with Crippen molar-refractivity contribution in [1.29, 1.82) is 0 Å². The molecule has 0 saturated carbocycles. The van der Waals surface area contributed by atoms with Crippen molar-refractivity contribution in [2.45, 2.75) is 25.3 Å². The van der Waals surface area contributed by atoms with E-state index in [-0.39, 0.29) is 11.5 Å². The molecule has 14 rings (SSSR count). The Kier molecular flexibility index (Phi) is 8.42. The van der Waals surface area contributed by atoms with Gasteiger partial charge in [0.05, 0.1) is 17.1 Å². The molecule has 322 valence electrons. The number of fused-ring (bicyclic) bond motifs is 13. The van der Waals surface area contributed by atoms with Gasteiger partial charge < -0.3 is 13.9 Å². The van der Waals surface area contributed by atoms with Gasteiger partial charge in [-0.2, -0.15) is 0 Å². The van der Waals surface area contributed by atoms with Crippen LogP contribution < -0.4 is 4.90 Å². The van der Waals surface area contributed by atoms with Crippen molar-refractivity contribution in [2.24, 2.45) is 5.92 Å². The molecule has 1 aliphatic heterocycles. The lowest BCUT2D eigenvalue weighted by Crippen LogP contribution is -2.49. The zero-order chi connectivity index (χ0) is 45.1. The van der Waals surface area contributed by atoms with Crippen LogP contribution in [0.5, 0.6) is 0 Å². The summed E-state index contributed by atoms with van der Waals surface area (Å²) in [4.78, 5) is 7.58. The fraction of sp³-hybridized carbons (Fsp3) is 0.0781. The molecule has 12 aromatic rings. The Morgan fingerprint density at radius 1 is 0.456 bits per heavy atom. The summed E-state index contributed by atoms with van der Waals surface area (Å²) in [7, 11) is 0. The van der Waals surface area contributed by atoms with Crippen LogP contribution in [-0.4, -0.2) is 15.6 Å². The Morgan fingerprint density at radius 3 is 1.78 bits per heavy atom. The summed E-state index contributed by atoms with van der Waals surface area (Å²) >= 11 is 0. The smallest absolute Gasteiger partial charge is 0.227 e. The largest absolute Gasteiger partial charge is 0.434 e. The van der Waals surface area contributed by atoms with Gasteiger partial charge in [-0.15, -0.1) is 0 Å². The molecule has 0 amide bonds. The first-order valence-electron chi connectivity index (χ1n) is 23.7. The van der Waals surface area contributed by atoms with Gasteiger partial charge >= 0.3 is 0 Å². The summed E-state index contributed by atoms with van der Waals surface area (Å²) in [5.41, 5.74) is 14.2. The minimum absolute atomic E-state index is 0.0990. The van der Waals surface area contributed by atoms with Crippen LogP contribution in [0.2, 0.25) is 0 Å². The second-order valence-corrected chi connectivity index (χ2v) is 19.1. The third-order valence-corrected chi connectivity index (χ3v) is 15.1. The van der Waals surface area contributed by atoms with Crippen LogP contribution in [0.4, 0.5) is 11.4 Å². The zero-order valence-electron chi connectivity index (χ0n) is 37.8. The molecule has 1 aliphatic carbocycles. The van der Waals surface area contributed by atoms with Gasteiger partial charge in [0.15, 0.2) is 5.58 Å². The molecule has 4 heteroatoms. The number of aromatic nitrogens is 2. The molecule has 0 bridgehead atoms. The molecule has 2 aliphatic rings. The van der Waals surface area contributed by atoms with E-state index in [1.807, 2.05) is 18.2 Å². The molecule has 0 saturated heterocycles. The third-order valence-electron chi connectivity index (χ3n) is 15.1. The number of allylic oxidation sites excluding steroid dienone is 2. The molecule has 0 N–H and O–H groups in total. The highest BCUT2D eigenvalue weighted by Crippen LogP contribution is 2.52. The second-order valence-electron chi connectivity index (χ2n) is 19.1. The lowest BCUT2D eigenvalue weighted by atomic mass is 9.65. The Hall–Kier alpha value is -8.47. The molecule has 2 atom stereocenters. The van der Waals surface area contributed by atoms with Crippen molar-refractivity contribution in [3.63, 3.8) is 0 Å². The Morgan fingerprint density at radius 2 is 1.03 bits per heavy atom. The monoisotopic (exact) mass is 871 g/mol. The van der Waals surface area contributed by atoms with Gasteiger partial charge in [-0.25, -0.2) is 4.98 Å². The van der Waals surface area contributed by atoms with Crippen molar-refractivity contribution < 1.29 is 4.42 Å². The maximum Gasteiger partial charge on any atom is 0.227 e. The lowest BCUT2D eigenvalue weighted by Gasteiger charge is -2.51. The average molecular weight is 872 g/mol. The molecule has 0 spiro atoms. The van der Waals surface area contributed by atoms with E-state index in [9.17, 15) is 0 Å². The number of hydrogen-bond donors (Lipinski definition) is 0. The number of rotatable bonds is 5. The molecule has 3 heterocycles. The van der Waals surface area contributed by atoms with E-state index in [0.29, 0.717) is 11.8 Å². The van der Waals surface area contributed by atoms with Gasteiger partial charge in [0.25, 0.3) is 0 Å². The first-order chi connectivity index (χ1) is 33.5. The van der Waals surface area contributed by atoms with Gasteiger partial charge in [0.1, 0.15) is 5.52 Å². The van der Waals surface area contributed by atoms with E-state index in [2.05, 4.69) is 230 Å². The minimum atomic E-state index is -0.0990. The second kappa shape index (κ2) is 14.8. The van der Waals surface area contributed by atoms with Crippen molar-refractivity contribution in [2.75, 3.05) is 4.90 Å². The molecule has 0 fully saturated rings. The van der Waals surface area contributed by atoms with Crippen molar-refractivity contribution in [3.05, 3.63) is 230 Å². The van der Waals surface area contributed by atoms with Gasteiger partial charge in [-0.1, -0.05) is 159 Å². The number of hydrogen-bond acceptors (Lipinski definition) is 3. The molecule has 68 heavy (non-hydrogen) atoms. The number of nitrogens with zero attached hydrogens (tertiary/aromatic N) is 3. The minimum Gasteiger partial charge on any atom is -0.434 e. The Balaban J connectivity index is 0.929. The standard InChI is InChI=1S/C64H45N3O/c1-64(2)55-23-13-14-24-59(55)66(45-17-7-4-8-18-45)60-36-29-44(39-56(60)64)43-28-35-58-54(38-43)52-33-34-57-62(68-63(65-57)41-15-5-3-6-16-41)61(52)67(58)46-30-25-40(26-31-46)42-27-32-51-49-21-10-9-19-47(49)48-20-11-12-22-50(48)53(51)37-42/h3-39,55,59H,1-2H3. The first kappa shape index (κ1) is 38.8. The molecule has 4 nitrogen and oxygen atoms in total. The van der Waals surface area contributed by atoms with Gasteiger partial charge in [-0.05, 0) is 139 Å². The molecular weight excluding hydrogens is 827 g/mol. The van der Waals surface area contributed by atoms with Crippen LogP contribution in [0, 0.1) is 5.92 Å². The fourth-order valence-electron chi connectivity index (χ4n) is 11.7. The summed E-state index contributed by atoms with van der Waals surface area (Å²) in [6, 6.07) is 73.2. The normalized spacial score (nSPS) is 16.4. The van der Waals surface area contributed by atoms with Crippen molar-refractivity contribution >= 4 is 76.6 Å². The van der Waals surface area contributed by atoms with E-state index < -0.39 is 0 Å². The molecule has 2 unspecified atom stereocenters. The maximum atomic E-state index is 6.80. The van der Waals surface area contributed by atoms with E-state index >= 15 is 0 Å². The SMILES string of the molecule is CC1(C)c2cc(-c3ccc4c(c3)c3ccc5nc(-c6ccccc6)oc5c3n4-c3ccc(-c4ccc5c6ccccc6c6ccccc6c5c4)cc3)ccc2N(c2ccccc2)C2C=CC=CC21. The maximum absolute atomic E-state index is 6.80. The van der Waals surface area contributed by atoms with E-state index in [1.165, 1.54) is 71.5 Å². The van der Waals surface area contributed by atoms with Crippen LogP contribution >= 0.6 is 0 Å². The highest BCUT2D eigenvalue weighted by Gasteiger charge is 2.45. The first-order valence-corrected chi connectivity index (χ1v) is 23.7. The summed E-state index contributed by atoms with van der Waals surface area (Å²) in [6.07, 6.45) is 9.20. The van der Waals surface area contributed by atoms with Crippen LogP contribution in [0.25, 0.3) is 105 Å². The quantitative estimate of drug-likeness (QED) is 0.162. The van der Waals surface area contributed by atoms with Gasteiger partial charge in [0.2, 0.25) is 5.89 Å². The highest BCUT2D eigenvalue weighted by molar-refractivity contribution is 6.26. The zero-order valence-corrected chi connectivity index (χ0v) is 37.8. The average Bonchev–Trinajstić information content (AvgIpc) is 3.99. The summed E-state index contributed by atoms with van der Waals surface area (Å²) in [5, 5.41) is 9.96. The predicted molar refractivity (Wildman–Crippen MR) is 284 cm³/mol. The van der Waals surface area contributed by atoms with Crippen LogP contribution in [-0.2, 0) is 5.41 Å². The van der Waals surface area contributed by atoms with Crippen molar-refractivity contribution in [3.8, 4) is 39.4 Å². The fourth-order valence-corrected chi connectivity index (χ4v) is 11.7. The number of oxazole rings is 1. The molecule has 2 aromatic heterocycles. The van der Waals surface area contributed by atoms with Gasteiger partial charge in [-0.3, -0.25) is 0 Å². The van der Waals surface area contributed by atoms with E-state index in [1.54, 1.807) is 0 Å². The van der Waals surface area contributed by atoms with Crippen molar-refractivity contribution in [1.82, 2.24) is 9.55 Å². The van der Waals surface area contributed by atoms with Crippen LogP contribution in [0.3, 0.4) is 0 Å². The topological polar surface area (TPSA) is 34.2 Å². The summed E-state index contributed by atoms with van der Waals surface area (Å²) in [5.74, 6) is 0.929. The summed E-state index contributed by atoms with van der Waals surface area (Å²) < 4.78 is 9.17. The number of para-hydroxylation sites is 1. The summed E-state index contributed by atoms with van der Waals surface area (Å²) in [6.45, 7) is 4.83. The van der Waals surface area contributed by atoms with Crippen LogP contribution in [0.1, 0.15) is 19.4 Å². The Bertz CT molecular complexity index is 4030. The number of anilines is 2. The Labute approximate surface area is 394 Å². The highest BCUT2D eigenvalue weighted by atomic mass is 16.3. The van der Waals surface area contributed by atoms with E-state index in [0.717, 1.165) is 44.2 Å².